The molecule has 0 unspecified atom stereocenters. The Balaban J connectivity index is 1.08. The smallest absolute Gasteiger partial charge is 0.0547 e. The van der Waals surface area contributed by atoms with Crippen LogP contribution in [-0.2, 0) is 0 Å². The maximum Gasteiger partial charge on any atom is 0.0547 e. The number of benzene rings is 8. The van der Waals surface area contributed by atoms with E-state index >= 15 is 0 Å². The third kappa shape index (κ3) is 4.49. The molecule has 0 radical (unpaired) electrons. The van der Waals surface area contributed by atoms with E-state index in [0.29, 0.717) is 0 Å². The zero-order valence-corrected chi connectivity index (χ0v) is 28.1. The fraction of sp³-hybridized carbons (Fsp3) is 0.0417. The van der Waals surface area contributed by atoms with E-state index in [2.05, 4.69) is 193 Å². The van der Waals surface area contributed by atoms with Crippen LogP contribution in [0.2, 0.25) is 0 Å². The van der Waals surface area contributed by atoms with Crippen molar-refractivity contribution in [1.29, 1.82) is 0 Å². The molecule has 2 nitrogen and oxygen atoms in total. The lowest BCUT2D eigenvalue weighted by atomic mass is 9.98. The lowest BCUT2D eigenvalue weighted by Gasteiger charge is -2.12. The van der Waals surface area contributed by atoms with Gasteiger partial charge < -0.3 is 9.13 Å². The Bertz CT molecular complexity index is 2920. The maximum atomic E-state index is 2.42. The third-order valence-corrected chi connectivity index (χ3v) is 10.4. The summed E-state index contributed by atoms with van der Waals surface area (Å²) in [6.07, 6.45) is 0. The lowest BCUT2D eigenvalue weighted by molar-refractivity contribution is 1.16. The summed E-state index contributed by atoms with van der Waals surface area (Å²) >= 11 is 0. The van der Waals surface area contributed by atoms with E-state index in [0.717, 1.165) is 0 Å². The molecule has 0 amide bonds. The Morgan fingerprint density at radius 1 is 0.300 bits per heavy atom. The van der Waals surface area contributed by atoms with Crippen molar-refractivity contribution in [3.05, 3.63) is 181 Å². The van der Waals surface area contributed by atoms with E-state index in [1.807, 2.05) is 0 Å². The molecular weight excluding hydrogens is 605 g/mol. The molecule has 10 rings (SSSR count). The molecule has 0 aliphatic carbocycles. The van der Waals surface area contributed by atoms with Crippen LogP contribution in [0, 0.1) is 13.8 Å². The lowest BCUT2D eigenvalue weighted by Crippen LogP contribution is -1.95. The summed E-state index contributed by atoms with van der Waals surface area (Å²) in [4.78, 5) is 0. The molecule has 0 saturated carbocycles. The van der Waals surface area contributed by atoms with Crippen LogP contribution in [0.5, 0.6) is 0 Å². The van der Waals surface area contributed by atoms with Crippen molar-refractivity contribution in [2.45, 2.75) is 13.8 Å². The number of aryl methyl sites for hydroxylation is 2. The Hall–Kier alpha value is -6.38. The van der Waals surface area contributed by atoms with Crippen LogP contribution in [0.4, 0.5) is 0 Å². The number of rotatable bonds is 4. The fourth-order valence-electron chi connectivity index (χ4n) is 8.11. The maximum absolute atomic E-state index is 2.42. The predicted molar refractivity (Wildman–Crippen MR) is 213 cm³/mol. The Kier molecular flexibility index (Phi) is 6.34. The molecule has 0 aliphatic rings. The normalized spacial score (nSPS) is 11.8. The first kappa shape index (κ1) is 28.6. The molecule has 0 aliphatic heterocycles. The van der Waals surface area contributed by atoms with Gasteiger partial charge in [-0.05, 0) is 107 Å². The van der Waals surface area contributed by atoms with Crippen molar-refractivity contribution in [2.24, 2.45) is 0 Å². The first-order valence-electron chi connectivity index (χ1n) is 17.3. The fourth-order valence-corrected chi connectivity index (χ4v) is 8.11. The second kappa shape index (κ2) is 11.1. The van der Waals surface area contributed by atoms with Crippen LogP contribution in [0.25, 0.3) is 88.0 Å². The summed E-state index contributed by atoms with van der Waals surface area (Å²) in [5.41, 5.74) is 14.7. The van der Waals surface area contributed by atoms with Crippen LogP contribution >= 0.6 is 0 Å². The number of aromatic nitrogens is 2. The summed E-state index contributed by atoms with van der Waals surface area (Å²) in [6.45, 7) is 4.36. The summed E-state index contributed by atoms with van der Waals surface area (Å²) in [7, 11) is 0. The van der Waals surface area contributed by atoms with Crippen LogP contribution in [0.1, 0.15) is 11.1 Å². The molecular formula is C48H34N2. The molecule has 10 aromatic rings. The molecule has 0 atom stereocenters. The van der Waals surface area contributed by atoms with Crippen LogP contribution in [0.3, 0.4) is 0 Å². The van der Waals surface area contributed by atoms with Crippen LogP contribution < -0.4 is 0 Å². The predicted octanol–water partition coefficient (Wildman–Crippen LogP) is 13.0. The quantitative estimate of drug-likeness (QED) is 0.182. The zero-order chi connectivity index (χ0) is 33.3. The second-order valence-electron chi connectivity index (χ2n) is 13.6. The van der Waals surface area contributed by atoms with Crippen LogP contribution in [-0.4, -0.2) is 9.13 Å². The Labute approximate surface area is 291 Å². The number of para-hydroxylation sites is 2. The van der Waals surface area contributed by atoms with Gasteiger partial charge in [0.2, 0.25) is 0 Å². The van der Waals surface area contributed by atoms with Gasteiger partial charge in [-0.3, -0.25) is 0 Å². The monoisotopic (exact) mass is 638 g/mol. The highest BCUT2D eigenvalue weighted by molar-refractivity contribution is 6.11. The number of fused-ring (bicyclic) bond motifs is 7. The largest absolute Gasteiger partial charge is 0.309 e. The molecule has 0 saturated heterocycles. The number of hydrogen-bond acceptors (Lipinski definition) is 0. The Morgan fingerprint density at radius 3 is 1.34 bits per heavy atom. The van der Waals surface area contributed by atoms with E-state index in [1.54, 1.807) is 0 Å². The highest BCUT2D eigenvalue weighted by atomic mass is 15.0. The molecule has 8 aromatic carbocycles. The van der Waals surface area contributed by atoms with Gasteiger partial charge in [-0.1, -0.05) is 121 Å². The van der Waals surface area contributed by atoms with Crippen LogP contribution in [0.15, 0.2) is 170 Å². The van der Waals surface area contributed by atoms with Gasteiger partial charge in [-0.15, -0.1) is 0 Å². The molecule has 236 valence electrons. The summed E-state index contributed by atoms with van der Waals surface area (Å²) in [5.74, 6) is 0. The topological polar surface area (TPSA) is 9.86 Å². The molecule has 2 heteroatoms. The van der Waals surface area contributed by atoms with Gasteiger partial charge >= 0.3 is 0 Å². The van der Waals surface area contributed by atoms with E-state index < -0.39 is 0 Å². The van der Waals surface area contributed by atoms with Gasteiger partial charge in [0.05, 0.1) is 22.1 Å². The minimum atomic E-state index is 1.18. The zero-order valence-electron chi connectivity index (χ0n) is 28.1. The van der Waals surface area contributed by atoms with Crippen molar-refractivity contribution >= 4 is 54.4 Å². The SMILES string of the molecule is Cc1cc(C)cc(-n2c3ccccc3c3ccc(-c4ccc(-c5ccc6c7ccccc7n(-c7ccc8ccccc8c7)c6c5)cc4)cc32)c1. The first-order chi connectivity index (χ1) is 24.6. The number of nitrogens with zero attached hydrogens (tertiary/aromatic N) is 2. The highest BCUT2D eigenvalue weighted by Gasteiger charge is 2.16. The number of hydrogen-bond donors (Lipinski definition) is 0. The summed E-state index contributed by atoms with van der Waals surface area (Å²) in [5, 5.41) is 7.59. The van der Waals surface area contributed by atoms with Crippen molar-refractivity contribution in [1.82, 2.24) is 9.13 Å². The van der Waals surface area contributed by atoms with Crippen molar-refractivity contribution < 1.29 is 0 Å². The minimum Gasteiger partial charge on any atom is -0.309 e. The first-order valence-corrected chi connectivity index (χ1v) is 17.3. The average Bonchev–Trinajstić information content (AvgIpc) is 3.66. The van der Waals surface area contributed by atoms with Gasteiger partial charge in [0.25, 0.3) is 0 Å². The van der Waals surface area contributed by atoms with Gasteiger partial charge in [-0.25, -0.2) is 0 Å². The second-order valence-corrected chi connectivity index (χ2v) is 13.6. The Morgan fingerprint density at radius 2 is 0.760 bits per heavy atom. The molecule has 50 heavy (non-hydrogen) atoms. The molecule has 2 heterocycles. The minimum absolute atomic E-state index is 1.18. The third-order valence-electron chi connectivity index (χ3n) is 10.4. The van der Waals surface area contributed by atoms with Crippen molar-refractivity contribution in [2.75, 3.05) is 0 Å². The highest BCUT2D eigenvalue weighted by Crippen LogP contribution is 2.38. The standard InChI is InChI=1S/C48H34N2/c1-31-25-32(2)27-40(26-31)50-46-14-8-6-12-42(46)44-24-21-38(30-48(44)50)35-17-15-34(16-18-35)37-20-23-43-41-11-5-7-13-45(41)49(47(43)29-37)39-22-19-33-9-3-4-10-36(33)28-39/h3-30H,1-2H3. The van der Waals surface area contributed by atoms with Crippen molar-refractivity contribution in [3.63, 3.8) is 0 Å². The average molecular weight is 639 g/mol. The molecule has 0 fully saturated rings. The van der Waals surface area contributed by atoms with E-state index in [9.17, 15) is 0 Å². The van der Waals surface area contributed by atoms with Gasteiger partial charge in [0.1, 0.15) is 0 Å². The van der Waals surface area contributed by atoms with Gasteiger partial charge in [0, 0.05) is 32.9 Å². The summed E-state index contributed by atoms with van der Waals surface area (Å²) < 4.78 is 4.84. The van der Waals surface area contributed by atoms with Gasteiger partial charge in [0.15, 0.2) is 0 Å². The van der Waals surface area contributed by atoms with Crippen molar-refractivity contribution in [3.8, 4) is 33.6 Å². The summed E-state index contributed by atoms with van der Waals surface area (Å²) in [6, 6.07) is 62.6. The van der Waals surface area contributed by atoms with E-state index in [1.165, 1.54) is 99.1 Å². The molecule has 0 N–H and O–H groups in total. The molecule has 0 spiro atoms. The van der Waals surface area contributed by atoms with E-state index in [4.69, 9.17) is 0 Å². The molecule has 2 aromatic heterocycles. The van der Waals surface area contributed by atoms with E-state index in [-0.39, 0.29) is 0 Å². The molecule has 0 bridgehead atoms. The van der Waals surface area contributed by atoms with Gasteiger partial charge in [-0.2, -0.15) is 0 Å².